The van der Waals surface area contributed by atoms with Gasteiger partial charge in [0.2, 0.25) is 5.91 Å². The van der Waals surface area contributed by atoms with Gasteiger partial charge in [0.05, 0.1) is 0 Å². The molecule has 0 aliphatic carbocycles. The van der Waals surface area contributed by atoms with Crippen LogP contribution in [0.25, 0.3) is 0 Å². The van der Waals surface area contributed by atoms with Gasteiger partial charge in [0.15, 0.2) is 0 Å². The standard InChI is InChI=1S/C18H28N4O2.ClH/c1-3-20(4-2)18(24)22-12-10-21(11-13-22)17(23)14-16(19)15-8-6-5-7-9-15;/h5-9,16H,3-4,10-14,19H2,1-2H3;1H. The van der Waals surface area contributed by atoms with E-state index in [1.165, 1.54) is 0 Å². The number of nitrogens with zero attached hydrogens (tertiary/aromatic N) is 3. The number of hydrogen-bond acceptors (Lipinski definition) is 3. The molecule has 2 rings (SSSR count). The van der Waals surface area contributed by atoms with Gasteiger partial charge in [-0.05, 0) is 19.4 Å². The van der Waals surface area contributed by atoms with E-state index in [9.17, 15) is 9.59 Å². The number of rotatable bonds is 5. The maximum atomic E-state index is 12.4. The topological polar surface area (TPSA) is 69.9 Å². The number of carbonyl (C=O) groups is 2. The Morgan fingerprint density at radius 2 is 1.56 bits per heavy atom. The lowest BCUT2D eigenvalue weighted by molar-refractivity contribution is -0.133. The van der Waals surface area contributed by atoms with Gasteiger partial charge < -0.3 is 20.4 Å². The van der Waals surface area contributed by atoms with Crippen LogP contribution in [0.1, 0.15) is 31.9 Å². The van der Waals surface area contributed by atoms with Gasteiger partial charge in [-0.1, -0.05) is 30.3 Å². The third kappa shape index (κ3) is 5.61. The largest absolute Gasteiger partial charge is 0.339 e. The second kappa shape index (κ2) is 10.3. The van der Waals surface area contributed by atoms with E-state index in [2.05, 4.69) is 0 Å². The van der Waals surface area contributed by atoms with E-state index in [0.29, 0.717) is 45.7 Å². The van der Waals surface area contributed by atoms with Crippen molar-refractivity contribution in [3.05, 3.63) is 35.9 Å². The Morgan fingerprint density at radius 3 is 2.08 bits per heavy atom. The van der Waals surface area contributed by atoms with Crippen LogP contribution in [0.5, 0.6) is 0 Å². The van der Waals surface area contributed by atoms with Gasteiger partial charge in [0.1, 0.15) is 0 Å². The predicted octanol–water partition coefficient (Wildman–Crippen LogP) is 2.10. The van der Waals surface area contributed by atoms with Crippen LogP contribution in [0.3, 0.4) is 0 Å². The number of carbonyl (C=O) groups excluding carboxylic acids is 2. The highest BCUT2D eigenvalue weighted by Gasteiger charge is 2.26. The molecule has 2 N–H and O–H groups in total. The first-order chi connectivity index (χ1) is 11.6. The molecule has 1 saturated heterocycles. The summed E-state index contributed by atoms with van der Waals surface area (Å²) in [6.45, 7) is 7.70. The molecular formula is C18H29ClN4O2. The van der Waals surface area contributed by atoms with Crippen molar-refractivity contribution in [3.8, 4) is 0 Å². The molecule has 25 heavy (non-hydrogen) atoms. The molecule has 1 heterocycles. The molecule has 1 aliphatic rings. The molecule has 1 aromatic rings. The lowest BCUT2D eigenvalue weighted by atomic mass is 10.0. The van der Waals surface area contributed by atoms with Gasteiger partial charge in [-0.15, -0.1) is 12.4 Å². The lowest BCUT2D eigenvalue weighted by Gasteiger charge is -2.37. The summed E-state index contributed by atoms with van der Waals surface area (Å²) in [7, 11) is 0. The van der Waals surface area contributed by atoms with Crippen LogP contribution < -0.4 is 5.73 Å². The third-order valence-electron chi connectivity index (χ3n) is 4.56. The number of benzene rings is 1. The molecule has 140 valence electrons. The fourth-order valence-electron chi connectivity index (χ4n) is 2.98. The highest BCUT2D eigenvalue weighted by Crippen LogP contribution is 2.16. The van der Waals surface area contributed by atoms with Gasteiger partial charge in [-0.3, -0.25) is 4.79 Å². The molecular weight excluding hydrogens is 340 g/mol. The van der Waals surface area contributed by atoms with Crippen molar-refractivity contribution in [2.75, 3.05) is 39.3 Å². The third-order valence-corrected chi connectivity index (χ3v) is 4.56. The van der Waals surface area contributed by atoms with Crippen molar-refractivity contribution in [1.82, 2.24) is 14.7 Å². The Hall–Kier alpha value is -1.79. The Labute approximate surface area is 156 Å². The molecule has 0 aromatic heterocycles. The molecule has 1 aliphatic heterocycles. The van der Waals surface area contributed by atoms with Crippen LogP contribution >= 0.6 is 12.4 Å². The number of halogens is 1. The minimum absolute atomic E-state index is 0. The van der Waals surface area contributed by atoms with E-state index in [1.54, 1.807) is 0 Å². The summed E-state index contributed by atoms with van der Waals surface area (Å²) in [5, 5.41) is 0. The van der Waals surface area contributed by atoms with Crippen molar-refractivity contribution >= 4 is 24.3 Å². The molecule has 1 unspecified atom stereocenters. The van der Waals surface area contributed by atoms with Crippen LogP contribution in [0.4, 0.5) is 4.79 Å². The maximum Gasteiger partial charge on any atom is 0.320 e. The van der Waals surface area contributed by atoms with Crippen molar-refractivity contribution in [2.45, 2.75) is 26.3 Å². The van der Waals surface area contributed by atoms with Crippen LogP contribution in [0.15, 0.2) is 30.3 Å². The predicted molar refractivity (Wildman–Crippen MR) is 102 cm³/mol. The van der Waals surface area contributed by atoms with E-state index in [1.807, 2.05) is 58.9 Å². The van der Waals surface area contributed by atoms with Crippen molar-refractivity contribution in [2.24, 2.45) is 5.73 Å². The summed E-state index contributed by atoms with van der Waals surface area (Å²) in [5.74, 6) is 0.0568. The zero-order chi connectivity index (χ0) is 17.5. The van der Waals surface area contributed by atoms with Gasteiger partial charge in [-0.25, -0.2) is 4.79 Å². The summed E-state index contributed by atoms with van der Waals surface area (Å²) >= 11 is 0. The maximum absolute atomic E-state index is 12.4. The molecule has 1 atom stereocenters. The summed E-state index contributed by atoms with van der Waals surface area (Å²) in [6.07, 6.45) is 0.300. The van der Waals surface area contributed by atoms with Gasteiger partial charge in [0.25, 0.3) is 0 Å². The Balaban J connectivity index is 0.00000312. The second-order valence-corrected chi connectivity index (χ2v) is 6.04. The van der Waals surface area contributed by atoms with Crippen LogP contribution in [-0.2, 0) is 4.79 Å². The molecule has 0 spiro atoms. The molecule has 3 amide bonds. The first-order valence-corrected chi connectivity index (χ1v) is 8.69. The molecule has 0 radical (unpaired) electrons. The number of hydrogen-bond donors (Lipinski definition) is 1. The zero-order valence-electron chi connectivity index (χ0n) is 15.1. The SMILES string of the molecule is CCN(CC)C(=O)N1CCN(C(=O)CC(N)c2ccccc2)CC1.Cl. The molecule has 1 fully saturated rings. The Bertz CT molecular complexity index is 543. The van der Waals surface area contributed by atoms with Crippen molar-refractivity contribution in [3.63, 3.8) is 0 Å². The summed E-state index contributed by atoms with van der Waals surface area (Å²) in [6, 6.07) is 9.46. The second-order valence-electron chi connectivity index (χ2n) is 6.04. The molecule has 0 saturated carbocycles. The Morgan fingerprint density at radius 1 is 1.04 bits per heavy atom. The number of piperazine rings is 1. The molecule has 0 bridgehead atoms. The average Bonchev–Trinajstić information content (AvgIpc) is 2.63. The highest BCUT2D eigenvalue weighted by molar-refractivity contribution is 5.85. The minimum Gasteiger partial charge on any atom is -0.339 e. The van der Waals surface area contributed by atoms with E-state index >= 15 is 0 Å². The van der Waals surface area contributed by atoms with Crippen molar-refractivity contribution < 1.29 is 9.59 Å². The summed E-state index contributed by atoms with van der Waals surface area (Å²) in [5.41, 5.74) is 7.11. The normalized spacial score (nSPS) is 15.3. The average molecular weight is 369 g/mol. The first-order valence-electron chi connectivity index (χ1n) is 8.69. The van der Waals surface area contributed by atoms with Crippen LogP contribution in [0.2, 0.25) is 0 Å². The summed E-state index contributed by atoms with van der Waals surface area (Å²) in [4.78, 5) is 30.2. The Kier molecular flexibility index (Phi) is 8.72. The lowest BCUT2D eigenvalue weighted by Crippen LogP contribution is -2.54. The minimum atomic E-state index is -0.283. The van der Waals surface area contributed by atoms with Gasteiger partial charge in [0, 0.05) is 51.7 Å². The zero-order valence-corrected chi connectivity index (χ0v) is 15.9. The number of urea groups is 1. The number of amides is 3. The molecule has 7 heteroatoms. The fraction of sp³-hybridized carbons (Fsp3) is 0.556. The quantitative estimate of drug-likeness (QED) is 0.865. The van der Waals surface area contributed by atoms with Crippen LogP contribution in [0, 0.1) is 0 Å². The van der Waals surface area contributed by atoms with Gasteiger partial charge >= 0.3 is 6.03 Å². The van der Waals surface area contributed by atoms with E-state index < -0.39 is 0 Å². The monoisotopic (exact) mass is 368 g/mol. The first kappa shape index (κ1) is 21.3. The number of nitrogens with two attached hydrogens (primary N) is 1. The van der Waals surface area contributed by atoms with Crippen LogP contribution in [-0.4, -0.2) is 65.9 Å². The van der Waals surface area contributed by atoms with Crippen molar-refractivity contribution in [1.29, 1.82) is 0 Å². The fourth-order valence-corrected chi connectivity index (χ4v) is 2.98. The van der Waals surface area contributed by atoms with E-state index in [0.717, 1.165) is 5.56 Å². The van der Waals surface area contributed by atoms with Gasteiger partial charge in [-0.2, -0.15) is 0 Å². The smallest absolute Gasteiger partial charge is 0.320 e. The molecule has 6 nitrogen and oxygen atoms in total. The summed E-state index contributed by atoms with van der Waals surface area (Å²) < 4.78 is 0. The van der Waals surface area contributed by atoms with E-state index in [-0.39, 0.29) is 30.4 Å². The van der Waals surface area contributed by atoms with E-state index in [4.69, 9.17) is 5.73 Å². The highest BCUT2D eigenvalue weighted by atomic mass is 35.5. The molecule has 1 aromatic carbocycles.